The van der Waals surface area contributed by atoms with Crippen molar-refractivity contribution in [3.05, 3.63) is 0 Å². The molecular weight excluding hydrogens is 176 g/mol. The summed E-state index contributed by atoms with van der Waals surface area (Å²) in [5, 5.41) is 0. The average Bonchev–Trinajstić information content (AvgIpc) is 3.00. The fourth-order valence-corrected chi connectivity index (χ4v) is 2.39. The Bertz CT molecular complexity index is 186. The number of nitrogens with two attached hydrogens (primary N) is 1. The Kier molecular flexibility index (Phi) is 3.10. The van der Waals surface area contributed by atoms with E-state index in [1.165, 1.54) is 32.2 Å². The highest BCUT2D eigenvalue weighted by Crippen LogP contribution is 2.45. The minimum atomic E-state index is 0.479. The van der Waals surface area contributed by atoms with Crippen LogP contribution in [0.3, 0.4) is 0 Å². The Balaban J connectivity index is 1.79. The fraction of sp³-hybridized carbons (Fsp3) is 1.00. The maximum Gasteiger partial charge on any atom is 0.0480 e. The molecule has 0 aromatic heterocycles. The second kappa shape index (κ2) is 4.17. The van der Waals surface area contributed by atoms with Crippen LogP contribution >= 0.6 is 0 Å². The van der Waals surface area contributed by atoms with Crippen LogP contribution in [0.25, 0.3) is 0 Å². The van der Waals surface area contributed by atoms with E-state index >= 15 is 0 Å². The first-order chi connectivity index (χ1) is 6.76. The van der Waals surface area contributed by atoms with Gasteiger partial charge in [0.05, 0.1) is 0 Å². The molecule has 0 bridgehead atoms. The number of rotatable bonds is 4. The molecule has 0 unspecified atom stereocenters. The van der Waals surface area contributed by atoms with Gasteiger partial charge in [-0.3, -0.25) is 0 Å². The summed E-state index contributed by atoms with van der Waals surface area (Å²) in [6.07, 6.45) is 5.04. The number of hydrogen-bond acceptors (Lipinski definition) is 3. The van der Waals surface area contributed by atoms with Crippen molar-refractivity contribution in [3.8, 4) is 0 Å². The lowest BCUT2D eigenvalue weighted by Gasteiger charge is -2.33. The first-order valence-electron chi connectivity index (χ1n) is 5.74. The average molecular weight is 198 g/mol. The van der Waals surface area contributed by atoms with Gasteiger partial charge in [-0.15, -0.1) is 0 Å². The quantitative estimate of drug-likeness (QED) is 0.727. The first kappa shape index (κ1) is 10.4. The summed E-state index contributed by atoms with van der Waals surface area (Å²) in [5.41, 5.74) is 6.27. The zero-order valence-electron chi connectivity index (χ0n) is 9.17. The topological polar surface area (TPSA) is 38.5 Å². The summed E-state index contributed by atoms with van der Waals surface area (Å²) in [7, 11) is 2.24. The van der Waals surface area contributed by atoms with Crippen molar-refractivity contribution in [1.82, 2.24) is 4.90 Å². The Labute approximate surface area is 86.6 Å². The Morgan fingerprint density at radius 1 is 1.36 bits per heavy atom. The van der Waals surface area contributed by atoms with E-state index in [0.29, 0.717) is 5.41 Å². The van der Waals surface area contributed by atoms with Gasteiger partial charge in [-0.05, 0) is 44.7 Å². The van der Waals surface area contributed by atoms with Gasteiger partial charge in [0.15, 0.2) is 0 Å². The highest BCUT2D eigenvalue weighted by Gasteiger charge is 2.42. The maximum absolute atomic E-state index is 5.80. The summed E-state index contributed by atoms with van der Waals surface area (Å²) in [5.74, 6) is 0. The molecule has 3 nitrogen and oxygen atoms in total. The van der Waals surface area contributed by atoms with Crippen molar-refractivity contribution in [2.75, 3.05) is 33.4 Å². The zero-order valence-corrected chi connectivity index (χ0v) is 9.17. The minimum Gasteiger partial charge on any atom is -0.381 e. The van der Waals surface area contributed by atoms with E-state index in [0.717, 1.165) is 25.8 Å². The molecule has 1 aliphatic carbocycles. The summed E-state index contributed by atoms with van der Waals surface area (Å²) in [6.45, 7) is 3.92. The van der Waals surface area contributed by atoms with Crippen LogP contribution in [0.15, 0.2) is 0 Å². The molecule has 82 valence electrons. The van der Waals surface area contributed by atoms with Crippen molar-refractivity contribution < 1.29 is 4.74 Å². The predicted octanol–water partition coefficient (Wildman–Crippen LogP) is 0.836. The van der Waals surface area contributed by atoms with Crippen LogP contribution in [0.1, 0.15) is 25.7 Å². The molecule has 0 atom stereocenters. The standard InChI is InChI=1S/C11H22N2O/c1-13(9-11(8-12)4-5-11)10-2-6-14-7-3-10/h10H,2-9,12H2,1H3. The summed E-state index contributed by atoms with van der Waals surface area (Å²) in [6, 6.07) is 0.729. The van der Waals surface area contributed by atoms with E-state index < -0.39 is 0 Å². The van der Waals surface area contributed by atoms with Gasteiger partial charge in [0.25, 0.3) is 0 Å². The van der Waals surface area contributed by atoms with Gasteiger partial charge in [-0.2, -0.15) is 0 Å². The largest absolute Gasteiger partial charge is 0.381 e. The Hall–Kier alpha value is -0.120. The van der Waals surface area contributed by atoms with Gasteiger partial charge in [0.2, 0.25) is 0 Å². The van der Waals surface area contributed by atoms with Crippen LogP contribution < -0.4 is 5.73 Å². The summed E-state index contributed by atoms with van der Waals surface area (Å²) in [4.78, 5) is 2.50. The first-order valence-corrected chi connectivity index (χ1v) is 5.74. The fourth-order valence-electron chi connectivity index (χ4n) is 2.39. The van der Waals surface area contributed by atoms with Crippen molar-refractivity contribution >= 4 is 0 Å². The normalized spacial score (nSPS) is 26.8. The van der Waals surface area contributed by atoms with Crippen molar-refractivity contribution in [3.63, 3.8) is 0 Å². The van der Waals surface area contributed by atoms with Crippen molar-refractivity contribution in [2.24, 2.45) is 11.1 Å². The number of hydrogen-bond donors (Lipinski definition) is 1. The Morgan fingerprint density at radius 2 is 2.00 bits per heavy atom. The van der Waals surface area contributed by atoms with Gasteiger partial charge >= 0.3 is 0 Å². The molecule has 1 heterocycles. The van der Waals surface area contributed by atoms with Crippen LogP contribution in [-0.2, 0) is 4.74 Å². The predicted molar refractivity (Wildman–Crippen MR) is 57.2 cm³/mol. The van der Waals surface area contributed by atoms with E-state index in [2.05, 4.69) is 11.9 Å². The molecule has 2 N–H and O–H groups in total. The molecule has 2 fully saturated rings. The molecule has 2 aliphatic rings. The minimum absolute atomic E-state index is 0.479. The molecule has 0 radical (unpaired) electrons. The van der Waals surface area contributed by atoms with Gasteiger partial charge in [-0.1, -0.05) is 0 Å². The van der Waals surface area contributed by atoms with Crippen LogP contribution in [0.4, 0.5) is 0 Å². The highest BCUT2D eigenvalue weighted by atomic mass is 16.5. The lowest BCUT2D eigenvalue weighted by molar-refractivity contribution is 0.0371. The van der Waals surface area contributed by atoms with E-state index in [1.54, 1.807) is 0 Å². The molecule has 14 heavy (non-hydrogen) atoms. The third-order valence-electron chi connectivity index (χ3n) is 3.79. The molecule has 0 aromatic rings. The van der Waals surface area contributed by atoms with Crippen molar-refractivity contribution in [1.29, 1.82) is 0 Å². The molecular formula is C11H22N2O. The number of nitrogens with zero attached hydrogens (tertiary/aromatic N) is 1. The third-order valence-corrected chi connectivity index (χ3v) is 3.79. The SMILES string of the molecule is CN(CC1(CN)CC1)C1CCOCC1. The summed E-state index contributed by atoms with van der Waals surface area (Å²) < 4.78 is 5.37. The van der Waals surface area contributed by atoms with E-state index in [9.17, 15) is 0 Å². The van der Waals surface area contributed by atoms with Gasteiger partial charge in [-0.25, -0.2) is 0 Å². The lowest BCUT2D eigenvalue weighted by Crippen LogP contribution is -2.41. The van der Waals surface area contributed by atoms with Crippen LogP contribution in [0.2, 0.25) is 0 Å². The molecule has 0 aromatic carbocycles. The van der Waals surface area contributed by atoms with E-state index in [1.807, 2.05) is 0 Å². The van der Waals surface area contributed by atoms with E-state index in [4.69, 9.17) is 10.5 Å². The number of ether oxygens (including phenoxy) is 1. The monoisotopic (exact) mass is 198 g/mol. The maximum atomic E-state index is 5.80. The molecule has 0 spiro atoms. The molecule has 0 amide bonds. The molecule has 2 rings (SSSR count). The second-order valence-electron chi connectivity index (χ2n) is 4.96. The van der Waals surface area contributed by atoms with Crippen LogP contribution in [0, 0.1) is 5.41 Å². The van der Waals surface area contributed by atoms with Crippen LogP contribution in [-0.4, -0.2) is 44.3 Å². The second-order valence-corrected chi connectivity index (χ2v) is 4.96. The molecule has 1 saturated carbocycles. The Morgan fingerprint density at radius 3 is 2.50 bits per heavy atom. The highest BCUT2D eigenvalue weighted by molar-refractivity contribution is 4.96. The zero-order chi connectivity index (χ0) is 10.0. The van der Waals surface area contributed by atoms with Crippen molar-refractivity contribution in [2.45, 2.75) is 31.7 Å². The molecule has 1 aliphatic heterocycles. The molecule has 3 heteroatoms. The smallest absolute Gasteiger partial charge is 0.0480 e. The van der Waals surface area contributed by atoms with Gasteiger partial charge in [0.1, 0.15) is 0 Å². The third kappa shape index (κ3) is 2.27. The van der Waals surface area contributed by atoms with Gasteiger partial charge < -0.3 is 15.4 Å². The van der Waals surface area contributed by atoms with Gasteiger partial charge in [0, 0.05) is 25.8 Å². The lowest BCUT2D eigenvalue weighted by atomic mass is 10.0. The summed E-state index contributed by atoms with van der Waals surface area (Å²) >= 11 is 0. The van der Waals surface area contributed by atoms with E-state index in [-0.39, 0.29) is 0 Å². The molecule has 1 saturated heterocycles. The van der Waals surface area contributed by atoms with Crippen LogP contribution in [0.5, 0.6) is 0 Å².